The molecule has 3 aromatic rings. The topological polar surface area (TPSA) is 59.8 Å². The maximum Gasteiger partial charge on any atom is 0.351 e. The summed E-state index contributed by atoms with van der Waals surface area (Å²) < 4.78 is 10.8. The van der Waals surface area contributed by atoms with Crippen LogP contribution in [-0.4, -0.2) is 27.0 Å². The Labute approximate surface area is 139 Å². The normalized spacial score (nSPS) is 10.6. The van der Waals surface area contributed by atoms with Gasteiger partial charge in [0.25, 0.3) is 0 Å². The van der Waals surface area contributed by atoms with Gasteiger partial charge in [-0.15, -0.1) is 0 Å². The molecule has 0 amide bonds. The molecule has 0 aliphatic rings. The third kappa shape index (κ3) is 2.65. The number of carbonyl (C=O) groups excluding carboxylic acids is 1. The Morgan fingerprint density at radius 2 is 1.79 bits per heavy atom. The molecule has 122 valence electrons. The third-order valence-corrected chi connectivity index (χ3v) is 3.83. The predicted octanol–water partition coefficient (Wildman–Crippen LogP) is 3.10. The first kappa shape index (κ1) is 15.8. The first-order chi connectivity index (χ1) is 11.5. The van der Waals surface area contributed by atoms with Crippen LogP contribution in [0.3, 0.4) is 0 Å². The molecule has 1 heterocycles. The second kappa shape index (κ2) is 6.20. The average molecular weight is 323 g/mol. The fourth-order valence-electron chi connectivity index (χ4n) is 2.58. The number of fused-ring (bicyclic) bond motifs is 1. The number of ether oxygens (including phenoxy) is 1. The highest BCUT2D eigenvalue weighted by atomic mass is 16.5. The predicted molar refractivity (Wildman–Crippen MR) is 93.2 cm³/mol. The van der Waals surface area contributed by atoms with E-state index in [0.29, 0.717) is 16.5 Å². The zero-order valence-corrected chi connectivity index (χ0v) is 13.7. The lowest BCUT2D eigenvalue weighted by molar-refractivity contribution is 0.103. The van der Waals surface area contributed by atoms with Crippen molar-refractivity contribution in [1.82, 2.24) is 0 Å². The van der Waals surface area contributed by atoms with Gasteiger partial charge >= 0.3 is 5.63 Å². The molecule has 5 heteroatoms. The van der Waals surface area contributed by atoms with E-state index in [0.717, 1.165) is 5.69 Å². The number of hydrogen-bond donors (Lipinski definition) is 0. The molecule has 2 aromatic carbocycles. The Hall–Kier alpha value is -3.08. The Bertz CT molecular complexity index is 958. The molecular weight excluding hydrogens is 306 g/mol. The summed E-state index contributed by atoms with van der Waals surface area (Å²) in [4.78, 5) is 27.0. The zero-order chi connectivity index (χ0) is 17.3. The molecule has 0 bridgehead atoms. The highest BCUT2D eigenvalue weighted by Gasteiger charge is 2.23. The van der Waals surface area contributed by atoms with Crippen molar-refractivity contribution in [2.75, 3.05) is 26.1 Å². The van der Waals surface area contributed by atoms with E-state index < -0.39 is 11.4 Å². The summed E-state index contributed by atoms with van der Waals surface area (Å²) in [6, 6.07) is 14.0. The lowest BCUT2D eigenvalue weighted by atomic mass is 10.0. The van der Waals surface area contributed by atoms with Gasteiger partial charge in [-0.05, 0) is 12.1 Å². The van der Waals surface area contributed by atoms with Crippen molar-refractivity contribution in [1.29, 1.82) is 0 Å². The maximum absolute atomic E-state index is 12.7. The van der Waals surface area contributed by atoms with Crippen molar-refractivity contribution in [3.8, 4) is 5.75 Å². The van der Waals surface area contributed by atoms with Crippen molar-refractivity contribution in [3.63, 3.8) is 0 Å². The minimum absolute atomic E-state index is 0.0891. The molecule has 0 N–H and O–H groups in total. The number of hydrogen-bond acceptors (Lipinski definition) is 5. The molecule has 0 aliphatic heterocycles. The van der Waals surface area contributed by atoms with Crippen molar-refractivity contribution in [2.45, 2.75) is 0 Å². The van der Waals surface area contributed by atoms with Gasteiger partial charge in [-0.2, -0.15) is 0 Å². The minimum Gasteiger partial charge on any atom is -0.495 e. The van der Waals surface area contributed by atoms with Crippen molar-refractivity contribution < 1.29 is 13.9 Å². The Morgan fingerprint density at radius 1 is 1.08 bits per heavy atom. The van der Waals surface area contributed by atoms with E-state index >= 15 is 0 Å². The summed E-state index contributed by atoms with van der Waals surface area (Å²) in [6.07, 6.45) is 0. The number of anilines is 1. The maximum atomic E-state index is 12.7. The first-order valence-electron chi connectivity index (χ1n) is 7.45. The standard InChI is InChI=1S/C19H17NO4/c1-20(2)13-9-10-14-15(11-13)24-19(22)16(18(14)23-3)17(21)12-7-5-4-6-8-12/h4-11H,1-3H3. The number of methoxy groups -OCH3 is 1. The minimum atomic E-state index is -0.705. The van der Waals surface area contributed by atoms with Crippen LogP contribution >= 0.6 is 0 Å². The number of benzene rings is 2. The number of nitrogens with zero attached hydrogens (tertiary/aromatic N) is 1. The molecule has 0 radical (unpaired) electrons. The van der Waals surface area contributed by atoms with Crippen molar-refractivity contribution >= 4 is 22.4 Å². The van der Waals surface area contributed by atoms with Crippen molar-refractivity contribution in [2.24, 2.45) is 0 Å². The van der Waals surface area contributed by atoms with Gasteiger partial charge in [0.15, 0.2) is 5.56 Å². The van der Waals surface area contributed by atoms with Crippen LogP contribution in [0.15, 0.2) is 57.7 Å². The Balaban J connectivity index is 2.26. The summed E-state index contributed by atoms with van der Waals surface area (Å²) in [5, 5.41) is 0.585. The van der Waals surface area contributed by atoms with Gasteiger partial charge in [-0.25, -0.2) is 4.79 Å². The smallest absolute Gasteiger partial charge is 0.351 e. The summed E-state index contributed by atoms with van der Waals surface area (Å²) in [5.41, 5.74) is 0.882. The molecule has 0 atom stereocenters. The lowest BCUT2D eigenvalue weighted by Crippen LogP contribution is -2.17. The van der Waals surface area contributed by atoms with E-state index in [2.05, 4.69) is 0 Å². The van der Waals surface area contributed by atoms with E-state index in [1.807, 2.05) is 25.1 Å². The summed E-state index contributed by atoms with van der Waals surface area (Å²) in [6.45, 7) is 0. The number of rotatable bonds is 4. The number of ketones is 1. The quantitative estimate of drug-likeness (QED) is 0.545. The monoisotopic (exact) mass is 323 g/mol. The van der Waals surface area contributed by atoms with Crippen LogP contribution in [-0.2, 0) is 0 Å². The van der Waals surface area contributed by atoms with Gasteiger partial charge in [0.2, 0.25) is 5.78 Å². The van der Waals surface area contributed by atoms with Gasteiger partial charge in [0.1, 0.15) is 11.3 Å². The zero-order valence-electron chi connectivity index (χ0n) is 13.7. The molecule has 5 nitrogen and oxygen atoms in total. The highest BCUT2D eigenvalue weighted by molar-refractivity contribution is 6.12. The molecular formula is C19H17NO4. The SMILES string of the molecule is COc1c(C(=O)c2ccccc2)c(=O)oc2cc(N(C)C)ccc12. The third-order valence-electron chi connectivity index (χ3n) is 3.83. The molecule has 0 unspecified atom stereocenters. The van der Waals surface area contributed by atoms with Crippen LogP contribution in [0, 0.1) is 0 Å². The van der Waals surface area contributed by atoms with Gasteiger partial charge in [0.05, 0.1) is 12.5 Å². The fraction of sp³-hybridized carbons (Fsp3) is 0.158. The highest BCUT2D eigenvalue weighted by Crippen LogP contribution is 2.31. The molecule has 3 rings (SSSR count). The number of carbonyl (C=O) groups is 1. The largest absolute Gasteiger partial charge is 0.495 e. The van der Waals surface area contributed by atoms with Crippen molar-refractivity contribution in [3.05, 3.63) is 70.1 Å². The van der Waals surface area contributed by atoms with Crippen LogP contribution in [0.2, 0.25) is 0 Å². The van der Waals surface area contributed by atoms with Gasteiger partial charge in [0, 0.05) is 31.4 Å². The molecule has 24 heavy (non-hydrogen) atoms. The molecule has 0 saturated heterocycles. The molecule has 0 saturated carbocycles. The lowest BCUT2D eigenvalue weighted by Gasteiger charge is -2.14. The summed E-state index contributed by atoms with van der Waals surface area (Å²) in [5.74, 6) is -0.180. The summed E-state index contributed by atoms with van der Waals surface area (Å²) in [7, 11) is 5.23. The Kier molecular flexibility index (Phi) is 4.08. The van der Waals surface area contributed by atoms with Crippen LogP contribution in [0.25, 0.3) is 11.0 Å². The molecule has 0 fully saturated rings. The van der Waals surface area contributed by atoms with E-state index in [9.17, 15) is 9.59 Å². The fourth-order valence-corrected chi connectivity index (χ4v) is 2.58. The molecule has 0 aliphatic carbocycles. The molecule has 1 aromatic heterocycles. The molecule has 0 spiro atoms. The van der Waals surface area contributed by atoms with Gasteiger partial charge in [-0.1, -0.05) is 30.3 Å². The Morgan fingerprint density at radius 3 is 2.42 bits per heavy atom. The van der Waals surface area contributed by atoms with Crippen LogP contribution in [0.4, 0.5) is 5.69 Å². The van der Waals surface area contributed by atoms with Crippen LogP contribution < -0.4 is 15.3 Å². The second-order valence-electron chi connectivity index (χ2n) is 5.57. The van der Waals surface area contributed by atoms with Crippen LogP contribution in [0.5, 0.6) is 5.75 Å². The van der Waals surface area contributed by atoms with Gasteiger partial charge < -0.3 is 14.1 Å². The first-order valence-corrected chi connectivity index (χ1v) is 7.45. The summed E-state index contributed by atoms with van der Waals surface area (Å²) >= 11 is 0. The van der Waals surface area contributed by atoms with Gasteiger partial charge in [-0.3, -0.25) is 4.79 Å². The van der Waals surface area contributed by atoms with E-state index in [1.54, 1.807) is 42.5 Å². The van der Waals surface area contributed by atoms with E-state index in [1.165, 1.54) is 7.11 Å². The van der Waals surface area contributed by atoms with E-state index in [4.69, 9.17) is 9.15 Å². The average Bonchev–Trinajstić information content (AvgIpc) is 2.60. The van der Waals surface area contributed by atoms with Crippen LogP contribution in [0.1, 0.15) is 15.9 Å². The second-order valence-corrected chi connectivity index (χ2v) is 5.57. The van der Waals surface area contributed by atoms with E-state index in [-0.39, 0.29) is 11.3 Å².